The van der Waals surface area contributed by atoms with Gasteiger partial charge in [-0.05, 0) is 31.1 Å². The van der Waals surface area contributed by atoms with Crippen LogP contribution in [0.4, 0.5) is 0 Å². The quantitative estimate of drug-likeness (QED) is 0.902. The van der Waals surface area contributed by atoms with E-state index in [-0.39, 0.29) is 0 Å². The average molecular weight is 244 g/mol. The normalized spacial score (nSPS) is 12.1. The molecule has 1 heterocycles. The van der Waals surface area contributed by atoms with Gasteiger partial charge in [0.1, 0.15) is 5.82 Å². The van der Waals surface area contributed by atoms with Gasteiger partial charge in [0.15, 0.2) is 0 Å². The van der Waals surface area contributed by atoms with Crippen LogP contribution in [0, 0.1) is 0 Å². The lowest BCUT2D eigenvalue weighted by atomic mass is 10.2. The van der Waals surface area contributed by atoms with Crippen LogP contribution in [-0.4, -0.2) is 20.6 Å². The molecule has 0 aliphatic carbocycles. The molecule has 0 spiro atoms. The number of carboxylic acids is 1. The number of hydrogen-bond acceptors (Lipinski definition) is 2. The molecule has 0 saturated heterocycles. The van der Waals surface area contributed by atoms with Gasteiger partial charge in [-0.25, -0.2) is 9.78 Å². The summed E-state index contributed by atoms with van der Waals surface area (Å²) in [6.07, 6.45) is 2.89. The number of fused-ring (bicyclic) bond motifs is 1. The molecule has 0 radical (unpaired) electrons. The highest BCUT2D eigenvalue weighted by atomic mass is 16.4. The first kappa shape index (κ1) is 12.4. The Kier molecular flexibility index (Phi) is 3.19. The average Bonchev–Trinajstić information content (AvgIpc) is 2.69. The summed E-state index contributed by atoms with van der Waals surface area (Å²) in [4.78, 5) is 15.8. The van der Waals surface area contributed by atoms with Crippen LogP contribution in [0.2, 0.25) is 0 Å². The monoisotopic (exact) mass is 244 g/mol. The highest BCUT2D eigenvalue weighted by molar-refractivity contribution is 6.01. The highest BCUT2D eigenvalue weighted by Gasteiger charge is 2.16. The van der Waals surface area contributed by atoms with Crippen LogP contribution in [0.25, 0.3) is 16.6 Å². The number of imidazole rings is 1. The lowest BCUT2D eigenvalue weighted by Crippen LogP contribution is -2.02. The van der Waals surface area contributed by atoms with Gasteiger partial charge in [0.2, 0.25) is 0 Å². The topological polar surface area (TPSA) is 55.1 Å². The highest BCUT2D eigenvalue weighted by Crippen LogP contribution is 2.24. The SMILES string of the molecule is CC=C(CC)c1nc2cccc(C(=O)O)c2n1C. The number of aromatic carboxylic acids is 1. The Labute approximate surface area is 106 Å². The Hall–Kier alpha value is -2.10. The molecule has 4 nitrogen and oxygen atoms in total. The first-order valence-corrected chi connectivity index (χ1v) is 5.94. The summed E-state index contributed by atoms with van der Waals surface area (Å²) in [6.45, 7) is 4.03. The Balaban J connectivity index is 2.79. The van der Waals surface area contributed by atoms with E-state index in [1.165, 1.54) is 0 Å². The van der Waals surface area contributed by atoms with E-state index in [9.17, 15) is 9.90 Å². The van der Waals surface area contributed by atoms with Crippen molar-refractivity contribution in [1.82, 2.24) is 9.55 Å². The van der Waals surface area contributed by atoms with Crippen LogP contribution in [0.3, 0.4) is 0 Å². The van der Waals surface area contributed by atoms with E-state index in [1.54, 1.807) is 12.1 Å². The Bertz CT molecular complexity index is 639. The standard InChI is InChI=1S/C14H16N2O2/c1-4-9(5-2)13-15-11-8-6-7-10(14(17)18)12(11)16(13)3/h4,6-8H,5H2,1-3H3,(H,17,18). The van der Waals surface area contributed by atoms with Gasteiger partial charge in [-0.1, -0.05) is 19.1 Å². The summed E-state index contributed by atoms with van der Waals surface area (Å²) in [7, 11) is 1.86. The first-order chi connectivity index (χ1) is 8.60. The summed E-state index contributed by atoms with van der Waals surface area (Å²) in [5, 5.41) is 9.21. The van der Waals surface area contributed by atoms with Gasteiger partial charge >= 0.3 is 5.97 Å². The maximum atomic E-state index is 11.2. The van der Waals surface area contributed by atoms with Crippen LogP contribution >= 0.6 is 0 Å². The molecule has 0 aliphatic rings. The molecule has 0 unspecified atom stereocenters. The largest absolute Gasteiger partial charge is 0.478 e. The van der Waals surface area contributed by atoms with Crippen molar-refractivity contribution in [2.75, 3.05) is 0 Å². The summed E-state index contributed by atoms with van der Waals surface area (Å²) >= 11 is 0. The number of para-hydroxylation sites is 1. The fourth-order valence-corrected chi connectivity index (χ4v) is 2.22. The molecular weight excluding hydrogens is 228 g/mol. The Morgan fingerprint density at radius 2 is 2.22 bits per heavy atom. The third kappa shape index (κ3) is 1.79. The van der Waals surface area contributed by atoms with Crippen molar-refractivity contribution in [2.45, 2.75) is 20.3 Å². The summed E-state index contributed by atoms with van der Waals surface area (Å²) in [6, 6.07) is 5.18. The predicted molar refractivity (Wildman–Crippen MR) is 71.6 cm³/mol. The number of rotatable bonds is 3. The fraction of sp³-hybridized carbons (Fsp3) is 0.286. The third-order valence-corrected chi connectivity index (χ3v) is 3.14. The van der Waals surface area contributed by atoms with E-state index in [0.29, 0.717) is 11.1 Å². The molecule has 4 heteroatoms. The van der Waals surface area contributed by atoms with Crippen molar-refractivity contribution in [3.8, 4) is 0 Å². The first-order valence-electron chi connectivity index (χ1n) is 5.94. The molecule has 1 aromatic heterocycles. The van der Waals surface area contributed by atoms with Gasteiger partial charge in [0.25, 0.3) is 0 Å². The molecule has 1 aromatic carbocycles. The van der Waals surface area contributed by atoms with Crippen molar-refractivity contribution in [3.05, 3.63) is 35.7 Å². The molecule has 0 saturated carbocycles. The van der Waals surface area contributed by atoms with E-state index in [2.05, 4.69) is 11.9 Å². The zero-order valence-corrected chi connectivity index (χ0v) is 10.8. The number of allylic oxidation sites excluding steroid dienone is 2. The minimum atomic E-state index is -0.923. The smallest absolute Gasteiger partial charge is 0.337 e. The molecule has 0 fully saturated rings. The van der Waals surface area contributed by atoms with Crippen molar-refractivity contribution < 1.29 is 9.90 Å². The van der Waals surface area contributed by atoms with Gasteiger partial charge < -0.3 is 9.67 Å². The molecule has 94 valence electrons. The zero-order chi connectivity index (χ0) is 13.3. The van der Waals surface area contributed by atoms with Crippen LogP contribution in [0.1, 0.15) is 36.5 Å². The van der Waals surface area contributed by atoms with Gasteiger partial charge in [0.05, 0.1) is 16.6 Å². The van der Waals surface area contributed by atoms with Crippen molar-refractivity contribution >= 4 is 22.6 Å². The van der Waals surface area contributed by atoms with Gasteiger partial charge in [0, 0.05) is 7.05 Å². The minimum absolute atomic E-state index is 0.292. The molecule has 0 bridgehead atoms. The third-order valence-electron chi connectivity index (χ3n) is 3.14. The molecule has 1 N–H and O–H groups in total. The summed E-state index contributed by atoms with van der Waals surface area (Å²) < 4.78 is 1.86. The zero-order valence-electron chi connectivity index (χ0n) is 10.8. The van der Waals surface area contributed by atoms with Crippen molar-refractivity contribution in [3.63, 3.8) is 0 Å². The Morgan fingerprint density at radius 3 is 2.78 bits per heavy atom. The summed E-state index contributed by atoms with van der Waals surface area (Å²) in [5.74, 6) is -0.0858. The van der Waals surface area contributed by atoms with E-state index in [0.717, 1.165) is 23.3 Å². The number of aromatic nitrogens is 2. The predicted octanol–water partition coefficient (Wildman–Crippen LogP) is 3.08. The van der Waals surface area contributed by atoms with Crippen LogP contribution in [0.15, 0.2) is 24.3 Å². The van der Waals surface area contributed by atoms with Gasteiger partial charge in [-0.15, -0.1) is 0 Å². The maximum Gasteiger partial charge on any atom is 0.337 e. The van der Waals surface area contributed by atoms with Crippen LogP contribution in [0.5, 0.6) is 0 Å². The lowest BCUT2D eigenvalue weighted by molar-refractivity contribution is 0.0698. The maximum absolute atomic E-state index is 11.2. The number of hydrogen-bond donors (Lipinski definition) is 1. The number of carbonyl (C=O) groups is 1. The molecular formula is C14H16N2O2. The van der Waals surface area contributed by atoms with Crippen LogP contribution in [-0.2, 0) is 7.05 Å². The molecule has 0 aliphatic heterocycles. The molecule has 0 atom stereocenters. The molecule has 2 aromatic rings. The van der Waals surface area contributed by atoms with Gasteiger partial charge in [-0.3, -0.25) is 0 Å². The van der Waals surface area contributed by atoms with Crippen LogP contribution < -0.4 is 0 Å². The van der Waals surface area contributed by atoms with Crippen molar-refractivity contribution in [2.24, 2.45) is 7.05 Å². The molecule has 0 amide bonds. The molecule has 18 heavy (non-hydrogen) atoms. The van der Waals surface area contributed by atoms with E-state index < -0.39 is 5.97 Å². The minimum Gasteiger partial charge on any atom is -0.478 e. The number of carboxylic acid groups (broad SMARTS) is 1. The second kappa shape index (κ2) is 4.64. The lowest BCUT2D eigenvalue weighted by Gasteiger charge is -2.05. The second-order valence-corrected chi connectivity index (χ2v) is 4.14. The van der Waals surface area contributed by atoms with E-state index >= 15 is 0 Å². The number of benzene rings is 1. The van der Waals surface area contributed by atoms with E-state index in [4.69, 9.17) is 0 Å². The second-order valence-electron chi connectivity index (χ2n) is 4.14. The fourth-order valence-electron chi connectivity index (χ4n) is 2.22. The van der Waals surface area contributed by atoms with Crippen molar-refractivity contribution in [1.29, 1.82) is 0 Å². The summed E-state index contributed by atoms with van der Waals surface area (Å²) in [5.41, 5.74) is 2.80. The van der Waals surface area contributed by atoms with E-state index in [1.807, 2.05) is 30.7 Å². The number of aryl methyl sites for hydroxylation is 1. The Morgan fingerprint density at radius 1 is 1.50 bits per heavy atom. The molecule has 2 rings (SSSR count). The number of nitrogens with zero attached hydrogens (tertiary/aromatic N) is 2. The van der Waals surface area contributed by atoms with Gasteiger partial charge in [-0.2, -0.15) is 0 Å².